The molecular formula is C18H19NO5. The van der Waals surface area contributed by atoms with Gasteiger partial charge in [-0.05, 0) is 49.5 Å². The maximum atomic E-state index is 11.6. The van der Waals surface area contributed by atoms with Crippen LogP contribution in [0.5, 0.6) is 0 Å². The zero-order valence-electron chi connectivity index (χ0n) is 13.3. The van der Waals surface area contributed by atoms with Crippen molar-refractivity contribution in [2.24, 2.45) is 0 Å². The fourth-order valence-electron chi connectivity index (χ4n) is 3.18. The monoisotopic (exact) mass is 329 g/mol. The molecule has 0 unspecified atom stereocenters. The first-order valence-electron chi connectivity index (χ1n) is 8.08. The van der Waals surface area contributed by atoms with Crippen molar-refractivity contribution in [3.8, 4) is 0 Å². The highest BCUT2D eigenvalue weighted by atomic mass is 16.6. The molecule has 1 spiro atoms. The van der Waals surface area contributed by atoms with E-state index in [4.69, 9.17) is 9.47 Å². The molecule has 0 bridgehead atoms. The lowest BCUT2D eigenvalue weighted by Gasteiger charge is -2.33. The Labute approximate surface area is 139 Å². The van der Waals surface area contributed by atoms with Gasteiger partial charge in [-0.3, -0.25) is 10.1 Å². The SMILES string of the molecule is O=C1C=C(OC/C=C/c2ccc([N+](=O)[O-])cc2)C2(CCCCC2)O1. The van der Waals surface area contributed by atoms with E-state index in [0.29, 0.717) is 12.4 Å². The zero-order chi connectivity index (χ0) is 17.0. The topological polar surface area (TPSA) is 78.7 Å². The summed E-state index contributed by atoms with van der Waals surface area (Å²) >= 11 is 0. The molecule has 3 rings (SSSR count). The van der Waals surface area contributed by atoms with Crippen molar-refractivity contribution in [3.05, 3.63) is 57.9 Å². The van der Waals surface area contributed by atoms with Crippen LogP contribution in [-0.2, 0) is 14.3 Å². The van der Waals surface area contributed by atoms with Crippen LogP contribution < -0.4 is 0 Å². The molecule has 126 valence electrons. The van der Waals surface area contributed by atoms with Crippen molar-refractivity contribution in [1.29, 1.82) is 0 Å². The summed E-state index contributed by atoms with van der Waals surface area (Å²) in [5.74, 6) is 0.298. The molecule has 6 nitrogen and oxygen atoms in total. The Balaban J connectivity index is 1.58. The molecule has 24 heavy (non-hydrogen) atoms. The van der Waals surface area contributed by atoms with Crippen LogP contribution in [0.1, 0.15) is 37.7 Å². The molecular weight excluding hydrogens is 310 g/mol. The summed E-state index contributed by atoms with van der Waals surface area (Å²) in [6, 6.07) is 6.28. The van der Waals surface area contributed by atoms with Gasteiger partial charge in [0.25, 0.3) is 5.69 Å². The fraction of sp³-hybridized carbons (Fsp3) is 0.389. The predicted molar refractivity (Wildman–Crippen MR) is 88.1 cm³/mol. The third-order valence-electron chi connectivity index (χ3n) is 4.40. The maximum Gasteiger partial charge on any atom is 0.335 e. The van der Waals surface area contributed by atoms with Gasteiger partial charge < -0.3 is 9.47 Å². The number of rotatable bonds is 5. The first kappa shape index (κ1) is 16.2. The summed E-state index contributed by atoms with van der Waals surface area (Å²) in [6.45, 7) is 0.321. The molecule has 0 atom stereocenters. The van der Waals surface area contributed by atoms with Crippen LogP contribution in [0.2, 0.25) is 0 Å². The van der Waals surface area contributed by atoms with Crippen molar-refractivity contribution in [1.82, 2.24) is 0 Å². The summed E-state index contributed by atoms with van der Waals surface area (Å²) in [5, 5.41) is 10.6. The predicted octanol–water partition coefficient (Wildman–Crippen LogP) is 3.77. The van der Waals surface area contributed by atoms with Gasteiger partial charge in [0.1, 0.15) is 12.4 Å². The van der Waals surface area contributed by atoms with Gasteiger partial charge in [-0.2, -0.15) is 0 Å². The Bertz CT molecular complexity index is 684. The molecule has 0 amide bonds. The standard InChI is InChI=1S/C18H19NO5/c20-17-13-16(18(24-17)10-2-1-3-11-18)23-12-4-5-14-6-8-15(9-7-14)19(21)22/h4-9,13H,1-3,10-12H2/b5-4+. The Morgan fingerprint density at radius 1 is 1.21 bits per heavy atom. The van der Waals surface area contributed by atoms with Gasteiger partial charge in [-0.1, -0.05) is 12.5 Å². The largest absolute Gasteiger partial charge is 0.489 e. The smallest absolute Gasteiger partial charge is 0.335 e. The van der Waals surface area contributed by atoms with Gasteiger partial charge in [0.2, 0.25) is 0 Å². The first-order chi connectivity index (χ1) is 11.6. The molecule has 2 aliphatic rings. The third-order valence-corrected chi connectivity index (χ3v) is 4.40. The van der Waals surface area contributed by atoms with E-state index in [0.717, 1.165) is 37.7 Å². The average molecular weight is 329 g/mol. The second kappa shape index (κ2) is 6.86. The number of nitro groups is 1. The number of ether oxygens (including phenoxy) is 2. The summed E-state index contributed by atoms with van der Waals surface area (Å²) < 4.78 is 11.3. The van der Waals surface area contributed by atoms with Gasteiger partial charge in [-0.15, -0.1) is 0 Å². The molecule has 1 aliphatic heterocycles. The summed E-state index contributed by atoms with van der Waals surface area (Å²) in [7, 11) is 0. The van der Waals surface area contributed by atoms with Gasteiger partial charge in [0.05, 0.1) is 11.0 Å². The first-order valence-corrected chi connectivity index (χ1v) is 8.08. The number of esters is 1. The van der Waals surface area contributed by atoms with Crippen LogP contribution in [0.4, 0.5) is 5.69 Å². The number of benzene rings is 1. The van der Waals surface area contributed by atoms with Crippen LogP contribution in [0.15, 0.2) is 42.2 Å². The fourth-order valence-corrected chi connectivity index (χ4v) is 3.18. The van der Waals surface area contributed by atoms with Gasteiger partial charge >= 0.3 is 5.97 Å². The number of carbonyl (C=O) groups is 1. The minimum Gasteiger partial charge on any atom is -0.489 e. The number of hydrogen-bond acceptors (Lipinski definition) is 5. The van der Waals surface area contributed by atoms with Crippen LogP contribution in [0.3, 0.4) is 0 Å². The van der Waals surface area contributed by atoms with E-state index in [-0.39, 0.29) is 11.7 Å². The van der Waals surface area contributed by atoms with Crippen molar-refractivity contribution in [2.75, 3.05) is 6.61 Å². The Morgan fingerprint density at radius 3 is 2.58 bits per heavy atom. The molecule has 1 fully saturated rings. The lowest BCUT2D eigenvalue weighted by atomic mass is 9.84. The van der Waals surface area contributed by atoms with Crippen molar-refractivity contribution < 1.29 is 19.2 Å². The Hall–Kier alpha value is -2.63. The molecule has 0 radical (unpaired) electrons. The molecule has 1 aliphatic carbocycles. The van der Waals surface area contributed by atoms with Gasteiger partial charge in [-0.25, -0.2) is 4.79 Å². The second-order valence-electron chi connectivity index (χ2n) is 6.05. The van der Waals surface area contributed by atoms with Crippen LogP contribution in [0.25, 0.3) is 6.08 Å². The Morgan fingerprint density at radius 2 is 1.92 bits per heavy atom. The summed E-state index contributed by atoms with van der Waals surface area (Å²) in [4.78, 5) is 21.8. The van der Waals surface area contributed by atoms with E-state index in [9.17, 15) is 14.9 Å². The lowest BCUT2D eigenvalue weighted by Crippen LogP contribution is -2.35. The van der Waals surface area contributed by atoms with E-state index in [1.165, 1.54) is 18.2 Å². The highest BCUT2D eigenvalue weighted by molar-refractivity contribution is 5.86. The average Bonchev–Trinajstić information content (AvgIpc) is 2.87. The van der Waals surface area contributed by atoms with Gasteiger partial charge in [0.15, 0.2) is 5.60 Å². The molecule has 0 saturated heterocycles. The molecule has 1 aromatic rings. The van der Waals surface area contributed by atoms with Crippen LogP contribution >= 0.6 is 0 Å². The normalized spacial score (nSPS) is 19.3. The lowest BCUT2D eigenvalue weighted by molar-refractivity contribution is -0.384. The third kappa shape index (κ3) is 3.48. The molecule has 0 aromatic heterocycles. The van der Waals surface area contributed by atoms with E-state index >= 15 is 0 Å². The van der Waals surface area contributed by atoms with Crippen molar-refractivity contribution in [2.45, 2.75) is 37.7 Å². The quantitative estimate of drug-likeness (QED) is 0.467. The van der Waals surface area contributed by atoms with Crippen LogP contribution in [-0.4, -0.2) is 23.1 Å². The molecule has 0 N–H and O–H groups in total. The van der Waals surface area contributed by atoms with E-state index in [2.05, 4.69) is 0 Å². The maximum absolute atomic E-state index is 11.6. The molecule has 1 aromatic carbocycles. The van der Waals surface area contributed by atoms with Crippen molar-refractivity contribution in [3.63, 3.8) is 0 Å². The van der Waals surface area contributed by atoms with Crippen LogP contribution in [0, 0.1) is 10.1 Å². The highest BCUT2D eigenvalue weighted by Gasteiger charge is 2.45. The van der Waals surface area contributed by atoms with E-state index in [1.807, 2.05) is 12.2 Å². The number of non-ortho nitro benzene ring substituents is 1. The van der Waals surface area contributed by atoms with Gasteiger partial charge in [0, 0.05) is 12.1 Å². The molecule has 1 saturated carbocycles. The number of carbonyl (C=O) groups excluding carboxylic acids is 1. The Kier molecular flexibility index (Phi) is 4.64. The highest BCUT2D eigenvalue weighted by Crippen LogP contribution is 2.41. The minimum atomic E-state index is -0.559. The van der Waals surface area contributed by atoms with E-state index < -0.39 is 10.5 Å². The number of nitrogens with zero attached hydrogens (tertiary/aromatic N) is 1. The van der Waals surface area contributed by atoms with E-state index in [1.54, 1.807) is 12.1 Å². The molecule has 1 heterocycles. The van der Waals surface area contributed by atoms with Crippen molar-refractivity contribution >= 4 is 17.7 Å². The summed E-state index contributed by atoms with van der Waals surface area (Å²) in [5.41, 5.74) is 0.356. The second-order valence-corrected chi connectivity index (χ2v) is 6.05. The zero-order valence-corrected chi connectivity index (χ0v) is 13.3. The number of nitro benzene ring substituents is 1. The summed E-state index contributed by atoms with van der Waals surface area (Å²) in [6.07, 6.45) is 9.96. The molecule has 6 heteroatoms. The number of hydrogen-bond donors (Lipinski definition) is 0. The minimum absolute atomic E-state index is 0.0643.